The second kappa shape index (κ2) is 7.33. The highest BCUT2D eigenvalue weighted by molar-refractivity contribution is 9.10. The van der Waals surface area contributed by atoms with Gasteiger partial charge in [-0.15, -0.1) is 6.58 Å². The third-order valence-corrected chi connectivity index (χ3v) is 5.01. The summed E-state index contributed by atoms with van der Waals surface area (Å²) in [7, 11) is 0. The second-order valence-corrected chi connectivity index (χ2v) is 6.91. The summed E-state index contributed by atoms with van der Waals surface area (Å²) in [5.74, 6) is -0.812. The van der Waals surface area contributed by atoms with Crippen LogP contribution in [0.25, 0.3) is 0 Å². The lowest BCUT2D eigenvalue weighted by molar-refractivity contribution is 0.0622. The Morgan fingerprint density at radius 2 is 1.60 bits per heavy atom. The Morgan fingerprint density at radius 3 is 2.12 bits per heavy atom. The number of benzene rings is 2. The third-order valence-electron chi connectivity index (χ3n) is 4.48. The van der Waals surface area contributed by atoms with Crippen LogP contribution in [-0.2, 0) is 0 Å². The first-order valence-corrected chi connectivity index (χ1v) is 8.83. The van der Waals surface area contributed by atoms with E-state index in [2.05, 4.69) is 22.5 Å². The van der Waals surface area contributed by atoms with Gasteiger partial charge in [0.1, 0.15) is 0 Å². The maximum atomic E-state index is 12.4. The van der Waals surface area contributed by atoms with Crippen LogP contribution in [0, 0.1) is 5.92 Å². The van der Waals surface area contributed by atoms with Crippen molar-refractivity contribution in [3.8, 4) is 0 Å². The number of aliphatic hydroxyl groups is 1. The summed E-state index contributed by atoms with van der Waals surface area (Å²) < 4.78 is 0.935. The van der Waals surface area contributed by atoms with Crippen LogP contribution < -0.4 is 0 Å². The molecule has 128 valence electrons. The minimum atomic E-state index is -0.735. The molecule has 2 amide bonds. The van der Waals surface area contributed by atoms with Gasteiger partial charge in [0, 0.05) is 16.9 Å². The zero-order valence-electron chi connectivity index (χ0n) is 13.6. The van der Waals surface area contributed by atoms with Crippen molar-refractivity contribution in [3.05, 3.63) is 82.3 Å². The standard InChI is InChI=1S/C20H18BrNO3/c1-2-13(18(23)14-7-9-15(21)10-8-14)11-12-22-19(24)16-5-3-4-6-17(16)20(22)25/h2-10,13,18,23H,1,11-12H2. The van der Waals surface area contributed by atoms with Crippen molar-refractivity contribution < 1.29 is 14.7 Å². The Hall–Kier alpha value is -2.24. The minimum absolute atomic E-state index is 0.247. The topological polar surface area (TPSA) is 57.6 Å². The van der Waals surface area contributed by atoms with Crippen LogP contribution in [0.1, 0.15) is 38.8 Å². The van der Waals surface area contributed by atoms with E-state index in [-0.39, 0.29) is 24.3 Å². The Balaban J connectivity index is 1.70. The summed E-state index contributed by atoms with van der Waals surface area (Å²) in [6, 6.07) is 14.2. The van der Waals surface area contributed by atoms with Gasteiger partial charge >= 0.3 is 0 Å². The van der Waals surface area contributed by atoms with Crippen molar-refractivity contribution in [2.75, 3.05) is 6.54 Å². The largest absolute Gasteiger partial charge is 0.388 e. The van der Waals surface area contributed by atoms with Crippen LogP contribution >= 0.6 is 15.9 Å². The summed E-state index contributed by atoms with van der Waals surface area (Å²) in [5.41, 5.74) is 1.66. The number of nitrogens with zero attached hydrogens (tertiary/aromatic N) is 1. The lowest BCUT2D eigenvalue weighted by Crippen LogP contribution is -2.32. The molecule has 0 fully saturated rings. The summed E-state index contributed by atoms with van der Waals surface area (Å²) >= 11 is 3.37. The molecule has 2 aromatic rings. The van der Waals surface area contributed by atoms with Crippen LogP contribution in [0.5, 0.6) is 0 Å². The van der Waals surface area contributed by atoms with E-state index in [0.29, 0.717) is 17.5 Å². The van der Waals surface area contributed by atoms with Crippen molar-refractivity contribution in [3.63, 3.8) is 0 Å². The van der Waals surface area contributed by atoms with Gasteiger partial charge in [0.05, 0.1) is 17.2 Å². The normalized spacial score (nSPS) is 15.8. The first-order chi connectivity index (χ1) is 12.0. The van der Waals surface area contributed by atoms with Gasteiger partial charge in [0.2, 0.25) is 0 Å². The molecular weight excluding hydrogens is 382 g/mol. The van der Waals surface area contributed by atoms with E-state index in [1.165, 1.54) is 4.90 Å². The molecule has 2 aromatic carbocycles. The van der Waals surface area contributed by atoms with Crippen LogP contribution in [0.2, 0.25) is 0 Å². The molecule has 0 aromatic heterocycles. The maximum absolute atomic E-state index is 12.4. The Kier molecular flexibility index (Phi) is 5.16. The lowest BCUT2D eigenvalue weighted by atomic mass is 9.93. The second-order valence-electron chi connectivity index (χ2n) is 5.99. The van der Waals surface area contributed by atoms with Crippen molar-refractivity contribution in [2.24, 2.45) is 5.92 Å². The van der Waals surface area contributed by atoms with Crippen molar-refractivity contribution in [1.82, 2.24) is 4.90 Å². The molecule has 5 heteroatoms. The quantitative estimate of drug-likeness (QED) is 0.590. The van der Waals surface area contributed by atoms with Gasteiger partial charge in [0.25, 0.3) is 11.8 Å². The number of carbonyl (C=O) groups excluding carboxylic acids is 2. The molecule has 0 aliphatic carbocycles. The molecule has 1 aliphatic heterocycles. The molecule has 0 saturated heterocycles. The van der Waals surface area contributed by atoms with Gasteiger partial charge in [-0.05, 0) is 36.2 Å². The molecule has 1 heterocycles. The molecule has 1 N–H and O–H groups in total. The minimum Gasteiger partial charge on any atom is -0.388 e. The number of carbonyl (C=O) groups is 2. The van der Waals surface area contributed by atoms with E-state index in [4.69, 9.17) is 0 Å². The summed E-state index contributed by atoms with van der Waals surface area (Å²) in [6.07, 6.45) is 1.39. The number of fused-ring (bicyclic) bond motifs is 1. The molecule has 0 bridgehead atoms. The predicted octanol–water partition coefficient (Wildman–Crippen LogP) is 3.97. The highest BCUT2D eigenvalue weighted by atomic mass is 79.9. The molecule has 0 saturated carbocycles. The molecule has 4 nitrogen and oxygen atoms in total. The van der Waals surface area contributed by atoms with E-state index in [1.54, 1.807) is 30.3 Å². The maximum Gasteiger partial charge on any atom is 0.261 e. The van der Waals surface area contributed by atoms with Gasteiger partial charge in [-0.3, -0.25) is 14.5 Å². The van der Waals surface area contributed by atoms with Crippen LogP contribution in [-0.4, -0.2) is 28.4 Å². The highest BCUT2D eigenvalue weighted by Crippen LogP contribution is 2.29. The number of hydrogen-bond donors (Lipinski definition) is 1. The number of hydrogen-bond acceptors (Lipinski definition) is 3. The van der Waals surface area contributed by atoms with E-state index >= 15 is 0 Å². The average Bonchev–Trinajstić information content (AvgIpc) is 2.87. The molecule has 3 rings (SSSR count). The van der Waals surface area contributed by atoms with Crippen LogP contribution in [0.3, 0.4) is 0 Å². The molecule has 0 radical (unpaired) electrons. The number of amides is 2. The zero-order valence-corrected chi connectivity index (χ0v) is 15.1. The number of halogens is 1. The SMILES string of the molecule is C=CC(CCN1C(=O)c2ccccc2C1=O)C(O)c1ccc(Br)cc1. The van der Waals surface area contributed by atoms with E-state index in [1.807, 2.05) is 24.3 Å². The lowest BCUT2D eigenvalue weighted by Gasteiger charge is -2.22. The van der Waals surface area contributed by atoms with Gasteiger partial charge < -0.3 is 5.11 Å². The fourth-order valence-corrected chi connectivity index (χ4v) is 3.30. The number of rotatable bonds is 6. The molecule has 2 atom stereocenters. The van der Waals surface area contributed by atoms with Gasteiger partial charge in [0.15, 0.2) is 0 Å². The first kappa shape index (κ1) is 17.6. The number of imide groups is 1. The van der Waals surface area contributed by atoms with Crippen molar-refractivity contribution >= 4 is 27.7 Å². The van der Waals surface area contributed by atoms with Crippen LogP contribution in [0.4, 0.5) is 0 Å². The highest BCUT2D eigenvalue weighted by Gasteiger charge is 2.35. The van der Waals surface area contributed by atoms with Gasteiger partial charge in [-0.1, -0.05) is 46.3 Å². The number of aliphatic hydroxyl groups excluding tert-OH is 1. The predicted molar refractivity (Wildman–Crippen MR) is 99.2 cm³/mol. The van der Waals surface area contributed by atoms with Gasteiger partial charge in [-0.2, -0.15) is 0 Å². The molecule has 25 heavy (non-hydrogen) atoms. The molecular formula is C20H18BrNO3. The summed E-state index contributed by atoms with van der Waals surface area (Å²) in [5, 5.41) is 10.6. The van der Waals surface area contributed by atoms with E-state index in [0.717, 1.165) is 10.0 Å². The van der Waals surface area contributed by atoms with Crippen LogP contribution in [0.15, 0.2) is 65.7 Å². The molecule has 2 unspecified atom stereocenters. The van der Waals surface area contributed by atoms with E-state index in [9.17, 15) is 14.7 Å². The monoisotopic (exact) mass is 399 g/mol. The fraction of sp³-hybridized carbons (Fsp3) is 0.200. The molecule has 0 spiro atoms. The van der Waals surface area contributed by atoms with Gasteiger partial charge in [-0.25, -0.2) is 0 Å². The smallest absolute Gasteiger partial charge is 0.261 e. The molecule has 1 aliphatic rings. The van der Waals surface area contributed by atoms with E-state index < -0.39 is 6.10 Å². The Bertz CT molecular complexity index is 781. The Labute approximate surface area is 154 Å². The average molecular weight is 400 g/mol. The van der Waals surface area contributed by atoms with Crippen molar-refractivity contribution in [1.29, 1.82) is 0 Å². The van der Waals surface area contributed by atoms with Crippen molar-refractivity contribution in [2.45, 2.75) is 12.5 Å². The summed E-state index contributed by atoms with van der Waals surface area (Å²) in [4.78, 5) is 26.0. The Morgan fingerprint density at radius 1 is 1.04 bits per heavy atom. The summed E-state index contributed by atoms with van der Waals surface area (Å²) in [6.45, 7) is 4.04. The third kappa shape index (κ3) is 3.43. The fourth-order valence-electron chi connectivity index (χ4n) is 3.03. The first-order valence-electron chi connectivity index (χ1n) is 8.04. The zero-order chi connectivity index (χ0) is 18.0.